The van der Waals surface area contributed by atoms with E-state index in [0.29, 0.717) is 6.61 Å². The Bertz CT molecular complexity index is 219. The van der Waals surface area contributed by atoms with Crippen LogP contribution in [-0.4, -0.2) is 54.1 Å². The van der Waals surface area contributed by atoms with Gasteiger partial charge in [-0.05, 0) is 20.3 Å². The van der Waals surface area contributed by atoms with Gasteiger partial charge in [0.25, 0.3) is 0 Å². The third-order valence-electron chi connectivity index (χ3n) is 2.71. The number of aliphatic hydroxyl groups is 2. The van der Waals surface area contributed by atoms with E-state index in [0.717, 1.165) is 12.8 Å². The van der Waals surface area contributed by atoms with Crippen LogP contribution < -0.4 is 0 Å². The van der Waals surface area contributed by atoms with Gasteiger partial charge < -0.3 is 24.4 Å². The maximum absolute atomic E-state index is 9.94. The highest BCUT2D eigenvalue weighted by Gasteiger charge is 2.44. The molecule has 1 fully saturated rings. The Morgan fingerprint density at radius 1 is 1.35 bits per heavy atom. The first-order chi connectivity index (χ1) is 8.00. The minimum atomic E-state index is -0.772. The van der Waals surface area contributed by atoms with Gasteiger partial charge in [-0.1, -0.05) is 13.3 Å². The summed E-state index contributed by atoms with van der Waals surface area (Å²) in [7, 11) is 0. The van der Waals surface area contributed by atoms with Gasteiger partial charge in [0.2, 0.25) is 0 Å². The molecular weight excluding hydrogens is 224 g/mol. The minimum absolute atomic E-state index is 0.167. The van der Waals surface area contributed by atoms with Crippen LogP contribution in [0.4, 0.5) is 0 Å². The van der Waals surface area contributed by atoms with Crippen molar-refractivity contribution >= 4 is 0 Å². The molecule has 0 aromatic rings. The van der Waals surface area contributed by atoms with Gasteiger partial charge in [0.1, 0.15) is 18.3 Å². The van der Waals surface area contributed by atoms with Gasteiger partial charge in [0.05, 0.1) is 13.2 Å². The van der Waals surface area contributed by atoms with Gasteiger partial charge >= 0.3 is 0 Å². The lowest BCUT2D eigenvalue weighted by atomic mass is 10.1. The first-order valence-corrected chi connectivity index (χ1v) is 6.22. The Morgan fingerprint density at radius 3 is 2.65 bits per heavy atom. The topological polar surface area (TPSA) is 68.2 Å². The van der Waals surface area contributed by atoms with E-state index in [2.05, 4.69) is 6.92 Å². The molecule has 2 N–H and O–H groups in total. The van der Waals surface area contributed by atoms with Crippen LogP contribution in [0.2, 0.25) is 0 Å². The zero-order valence-electron chi connectivity index (χ0n) is 10.9. The Morgan fingerprint density at radius 2 is 2.06 bits per heavy atom. The molecule has 1 aliphatic rings. The van der Waals surface area contributed by atoms with Gasteiger partial charge in [0.15, 0.2) is 5.79 Å². The first kappa shape index (κ1) is 14.9. The zero-order valence-corrected chi connectivity index (χ0v) is 10.9. The summed E-state index contributed by atoms with van der Waals surface area (Å²) in [6, 6.07) is 0. The van der Waals surface area contributed by atoms with Crippen molar-refractivity contribution in [2.75, 3.05) is 19.8 Å². The SMILES string of the molecule is CCCCOC[C@H](O)[C@H]1OC(C)(C)OC1CO. The monoisotopic (exact) mass is 248 g/mol. The molecule has 1 rings (SSSR count). The molecule has 0 aromatic carbocycles. The highest BCUT2D eigenvalue weighted by atomic mass is 16.8. The molecular formula is C12H24O5. The second-order valence-electron chi connectivity index (χ2n) is 4.82. The van der Waals surface area contributed by atoms with E-state index in [1.165, 1.54) is 0 Å². The number of aliphatic hydroxyl groups excluding tert-OH is 2. The van der Waals surface area contributed by atoms with Crippen molar-refractivity contribution in [2.24, 2.45) is 0 Å². The normalized spacial score (nSPS) is 29.5. The lowest BCUT2D eigenvalue weighted by molar-refractivity contribution is -0.160. The van der Waals surface area contributed by atoms with Crippen molar-refractivity contribution in [2.45, 2.75) is 57.7 Å². The van der Waals surface area contributed by atoms with Crippen LogP contribution in [0.25, 0.3) is 0 Å². The predicted octanol–water partition coefficient (Wildman–Crippen LogP) is 0.676. The largest absolute Gasteiger partial charge is 0.394 e. The third-order valence-corrected chi connectivity index (χ3v) is 2.71. The van der Waals surface area contributed by atoms with E-state index < -0.39 is 24.1 Å². The standard InChI is InChI=1S/C12H24O5/c1-4-5-6-15-8-9(14)11-10(7-13)16-12(2,3)17-11/h9-11,13-14H,4-8H2,1-3H3/t9-,10?,11+/m0/s1. The Labute approximate surface area is 103 Å². The summed E-state index contributed by atoms with van der Waals surface area (Å²) in [6.07, 6.45) is 0.243. The first-order valence-electron chi connectivity index (χ1n) is 6.22. The maximum Gasteiger partial charge on any atom is 0.164 e. The van der Waals surface area contributed by atoms with Crippen LogP contribution >= 0.6 is 0 Å². The second kappa shape index (κ2) is 6.66. The minimum Gasteiger partial charge on any atom is -0.394 e. The summed E-state index contributed by atoms with van der Waals surface area (Å²) in [5.74, 6) is -0.761. The molecule has 17 heavy (non-hydrogen) atoms. The van der Waals surface area contributed by atoms with Crippen LogP contribution in [0, 0.1) is 0 Å². The van der Waals surface area contributed by atoms with E-state index in [-0.39, 0.29) is 13.2 Å². The Balaban J connectivity index is 2.37. The summed E-state index contributed by atoms with van der Waals surface area (Å²) in [5.41, 5.74) is 0. The average molecular weight is 248 g/mol. The fraction of sp³-hybridized carbons (Fsp3) is 1.00. The average Bonchev–Trinajstić information content (AvgIpc) is 2.60. The summed E-state index contributed by atoms with van der Waals surface area (Å²) in [6.45, 7) is 6.29. The van der Waals surface area contributed by atoms with E-state index in [9.17, 15) is 10.2 Å². The number of hydrogen-bond donors (Lipinski definition) is 2. The number of ether oxygens (including phenoxy) is 3. The molecule has 0 radical (unpaired) electrons. The van der Waals surface area contributed by atoms with Crippen LogP contribution in [0.5, 0.6) is 0 Å². The van der Waals surface area contributed by atoms with E-state index in [1.807, 2.05) is 0 Å². The number of unbranched alkanes of at least 4 members (excludes halogenated alkanes) is 1. The van der Waals surface area contributed by atoms with Gasteiger partial charge in [-0.2, -0.15) is 0 Å². The van der Waals surface area contributed by atoms with Gasteiger partial charge in [-0.15, -0.1) is 0 Å². The van der Waals surface area contributed by atoms with Crippen molar-refractivity contribution in [1.29, 1.82) is 0 Å². The smallest absolute Gasteiger partial charge is 0.164 e. The summed E-state index contributed by atoms with van der Waals surface area (Å²) < 4.78 is 16.4. The molecule has 0 bridgehead atoms. The second-order valence-corrected chi connectivity index (χ2v) is 4.82. The van der Waals surface area contributed by atoms with Crippen molar-refractivity contribution in [1.82, 2.24) is 0 Å². The molecule has 5 nitrogen and oxygen atoms in total. The Kier molecular flexibility index (Phi) is 5.82. The lowest BCUT2D eigenvalue weighted by Crippen LogP contribution is -2.40. The molecule has 0 aromatic heterocycles. The summed E-state index contributed by atoms with van der Waals surface area (Å²) >= 11 is 0. The van der Waals surface area contributed by atoms with Crippen molar-refractivity contribution in [3.05, 3.63) is 0 Å². The van der Waals surface area contributed by atoms with Crippen LogP contribution in [0.15, 0.2) is 0 Å². The summed E-state index contributed by atoms with van der Waals surface area (Å²) in [5, 5.41) is 19.1. The molecule has 1 saturated heterocycles. The highest BCUT2D eigenvalue weighted by molar-refractivity contribution is 4.86. The van der Waals surface area contributed by atoms with E-state index >= 15 is 0 Å². The quantitative estimate of drug-likeness (QED) is 0.648. The van der Waals surface area contributed by atoms with Crippen molar-refractivity contribution in [3.8, 4) is 0 Å². The predicted molar refractivity (Wildman–Crippen MR) is 62.6 cm³/mol. The third kappa shape index (κ3) is 4.52. The number of hydrogen-bond acceptors (Lipinski definition) is 5. The maximum atomic E-state index is 9.94. The van der Waals surface area contributed by atoms with Gasteiger partial charge in [0, 0.05) is 6.61 Å². The van der Waals surface area contributed by atoms with Crippen molar-refractivity contribution < 1.29 is 24.4 Å². The van der Waals surface area contributed by atoms with Gasteiger partial charge in [-0.25, -0.2) is 0 Å². The van der Waals surface area contributed by atoms with Crippen LogP contribution in [-0.2, 0) is 14.2 Å². The Hall–Kier alpha value is -0.200. The molecule has 1 unspecified atom stereocenters. The fourth-order valence-corrected chi connectivity index (χ4v) is 1.88. The molecule has 0 spiro atoms. The molecule has 0 aliphatic carbocycles. The molecule has 3 atom stereocenters. The van der Waals surface area contributed by atoms with E-state index in [1.54, 1.807) is 13.8 Å². The molecule has 1 aliphatic heterocycles. The molecule has 102 valence electrons. The van der Waals surface area contributed by atoms with Gasteiger partial charge in [-0.3, -0.25) is 0 Å². The van der Waals surface area contributed by atoms with Crippen LogP contribution in [0.3, 0.4) is 0 Å². The lowest BCUT2D eigenvalue weighted by Gasteiger charge is -2.21. The molecule has 0 amide bonds. The van der Waals surface area contributed by atoms with Crippen LogP contribution in [0.1, 0.15) is 33.6 Å². The molecule has 5 heteroatoms. The highest BCUT2D eigenvalue weighted by Crippen LogP contribution is 2.29. The summed E-state index contributed by atoms with van der Waals surface area (Å²) in [4.78, 5) is 0. The van der Waals surface area contributed by atoms with E-state index in [4.69, 9.17) is 14.2 Å². The number of rotatable bonds is 7. The molecule has 1 heterocycles. The van der Waals surface area contributed by atoms with Crippen molar-refractivity contribution in [3.63, 3.8) is 0 Å². The fourth-order valence-electron chi connectivity index (χ4n) is 1.88. The zero-order chi connectivity index (χ0) is 12.9. The molecule has 0 saturated carbocycles.